The van der Waals surface area contributed by atoms with E-state index in [4.69, 9.17) is 4.74 Å². The number of nitrogens with zero attached hydrogens (tertiary/aromatic N) is 3. The quantitative estimate of drug-likeness (QED) is 0.794. The number of aromatic amines is 1. The van der Waals surface area contributed by atoms with Crippen molar-refractivity contribution in [3.63, 3.8) is 0 Å². The van der Waals surface area contributed by atoms with Crippen LogP contribution in [0, 0.1) is 0 Å². The van der Waals surface area contributed by atoms with Crippen molar-refractivity contribution < 1.29 is 4.74 Å². The Labute approximate surface area is 91.2 Å². The average molecular weight is 222 g/mol. The van der Waals surface area contributed by atoms with E-state index in [2.05, 4.69) is 20.6 Å². The fourth-order valence-corrected chi connectivity index (χ4v) is 1.78. The number of ether oxygens (including phenoxy) is 1. The number of aromatic nitrogens is 4. The molecule has 2 aromatic rings. The van der Waals surface area contributed by atoms with E-state index in [1.54, 1.807) is 7.11 Å². The second kappa shape index (κ2) is 4.79. The molecule has 5 nitrogen and oxygen atoms in total. The predicted octanol–water partition coefficient (Wildman–Crippen LogP) is 1.50. The lowest BCUT2D eigenvalue weighted by atomic mass is 10.2. The summed E-state index contributed by atoms with van der Waals surface area (Å²) in [6.07, 6.45) is 0. The first-order valence-electron chi connectivity index (χ1n) is 4.37. The molecule has 0 radical (unpaired) electrons. The van der Waals surface area contributed by atoms with E-state index in [-0.39, 0.29) is 0 Å². The molecule has 2 rings (SSSR count). The number of benzene rings is 1. The zero-order valence-electron chi connectivity index (χ0n) is 8.17. The summed E-state index contributed by atoms with van der Waals surface area (Å²) in [6, 6.07) is 7.91. The Morgan fingerprint density at radius 3 is 2.73 bits per heavy atom. The number of H-pyrrole nitrogens is 1. The molecule has 1 aromatic heterocycles. The topological polar surface area (TPSA) is 63.7 Å². The Kier molecular flexibility index (Phi) is 3.18. The largest absolute Gasteiger partial charge is 0.497 e. The fraction of sp³-hybridized carbons (Fsp3) is 0.222. The van der Waals surface area contributed by atoms with Crippen LogP contribution in [0.3, 0.4) is 0 Å². The molecule has 78 valence electrons. The minimum absolute atomic E-state index is 0.658. The fourth-order valence-electron chi connectivity index (χ4n) is 1.08. The van der Waals surface area contributed by atoms with Crippen molar-refractivity contribution in [2.75, 3.05) is 7.11 Å². The van der Waals surface area contributed by atoms with Crippen molar-refractivity contribution in [1.82, 2.24) is 20.6 Å². The molecule has 0 fully saturated rings. The molecule has 0 bridgehead atoms. The van der Waals surface area contributed by atoms with Crippen LogP contribution >= 0.6 is 11.8 Å². The van der Waals surface area contributed by atoms with Gasteiger partial charge in [-0.15, -0.1) is 10.2 Å². The molecule has 1 N–H and O–H groups in total. The zero-order chi connectivity index (χ0) is 10.5. The van der Waals surface area contributed by atoms with Gasteiger partial charge in [-0.25, -0.2) is 0 Å². The van der Waals surface area contributed by atoms with Crippen molar-refractivity contribution in [2.24, 2.45) is 0 Å². The second-order valence-corrected chi connectivity index (χ2v) is 3.77. The summed E-state index contributed by atoms with van der Waals surface area (Å²) in [6.45, 7) is 0. The van der Waals surface area contributed by atoms with Crippen LogP contribution in [0.1, 0.15) is 5.56 Å². The van der Waals surface area contributed by atoms with Crippen LogP contribution in [0.2, 0.25) is 0 Å². The second-order valence-electron chi connectivity index (χ2n) is 2.83. The molecule has 0 aliphatic heterocycles. The summed E-state index contributed by atoms with van der Waals surface area (Å²) in [5.41, 5.74) is 1.20. The van der Waals surface area contributed by atoms with Crippen LogP contribution in [-0.2, 0) is 5.75 Å². The monoisotopic (exact) mass is 222 g/mol. The lowest BCUT2D eigenvalue weighted by Gasteiger charge is -2.01. The Hall–Kier alpha value is -1.56. The molecule has 0 saturated heterocycles. The summed E-state index contributed by atoms with van der Waals surface area (Å²) in [5.74, 6) is 1.69. The molecular weight excluding hydrogens is 212 g/mol. The Morgan fingerprint density at radius 2 is 2.13 bits per heavy atom. The van der Waals surface area contributed by atoms with Crippen molar-refractivity contribution in [2.45, 2.75) is 10.9 Å². The van der Waals surface area contributed by atoms with Crippen molar-refractivity contribution in [3.8, 4) is 5.75 Å². The van der Waals surface area contributed by atoms with E-state index in [1.165, 1.54) is 17.3 Å². The molecular formula is C9H10N4OS. The molecule has 1 aromatic carbocycles. The molecule has 0 unspecified atom stereocenters. The van der Waals surface area contributed by atoms with E-state index >= 15 is 0 Å². The van der Waals surface area contributed by atoms with Crippen molar-refractivity contribution in [1.29, 1.82) is 0 Å². The van der Waals surface area contributed by atoms with Gasteiger partial charge < -0.3 is 4.74 Å². The highest BCUT2D eigenvalue weighted by Gasteiger charge is 2.00. The van der Waals surface area contributed by atoms with E-state index in [0.717, 1.165) is 11.5 Å². The third-order valence-corrected chi connectivity index (χ3v) is 2.76. The van der Waals surface area contributed by atoms with Gasteiger partial charge in [0.2, 0.25) is 5.16 Å². The third kappa shape index (κ3) is 2.69. The molecule has 6 heteroatoms. The first-order chi connectivity index (χ1) is 7.38. The predicted molar refractivity (Wildman–Crippen MR) is 56.7 cm³/mol. The van der Waals surface area contributed by atoms with Gasteiger partial charge in [-0.2, -0.15) is 5.21 Å². The summed E-state index contributed by atoms with van der Waals surface area (Å²) < 4.78 is 5.07. The first-order valence-corrected chi connectivity index (χ1v) is 5.36. The maximum Gasteiger partial charge on any atom is 0.231 e. The lowest BCUT2D eigenvalue weighted by Crippen LogP contribution is -1.85. The maximum absolute atomic E-state index is 5.07. The highest BCUT2D eigenvalue weighted by Crippen LogP contribution is 2.19. The number of tetrazole rings is 1. The van der Waals surface area contributed by atoms with Crippen LogP contribution in [0.15, 0.2) is 29.4 Å². The summed E-state index contributed by atoms with van der Waals surface area (Å²) in [7, 11) is 1.66. The molecule has 0 amide bonds. The molecule has 0 atom stereocenters. The van der Waals surface area contributed by atoms with Gasteiger partial charge in [0.25, 0.3) is 0 Å². The first kappa shape index (κ1) is 9.97. The highest BCUT2D eigenvalue weighted by atomic mass is 32.2. The number of hydrogen-bond acceptors (Lipinski definition) is 5. The molecule has 0 aliphatic rings. The number of rotatable bonds is 4. The number of thioether (sulfide) groups is 1. The number of methoxy groups -OCH3 is 1. The minimum Gasteiger partial charge on any atom is -0.497 e. The molecule has 0 aliphatic carbocycles. The van der Waals surface area contributed by atoms with Gasteiger partial charge in [-0.3, -0.25) is 0 Å². The average Bonchev–Trinajstić information content (AvgIpc) is 2.80. The van der Waals surface area contributed by atoms with E-state index in [1.807, 2.05) is 24.3 Å². The van der Waals surface area contributed by atoms with Crippen LogP contribution in [0.4, 0.5) is 0 Å². The smallest absolute Gasteiger partial charge is 0.231 e. The Morgan fingerprint density at radius 1 is 1.33 bits per heavy atom. The van der Waals surface area contributed by atoms with E-state index in [0.29, 0.717) is 5.16 Å². The van der Waals surface area contributed by atoms with Crippen LogP contribution in [0.25, 0.3) is 0 Å². The molecule has 0 spiro atoms. The maximum atomic E-state index is 5.07. The van der Waals surface area contributed by atoms with Crippen molar-refractivity contribution in [3.05, 3.63) is 29.8 Å². The van der Waals surface area contributed by atoms with Gasteiger partial charge in [0, 0.05) is 5.75 Å². The normalized spacial score (nSPS) is 10.2. The van der Waals surface area contributed by atoms with E-state index in [9.17, 15) is 0 Å². The number of hydrogen-bond donors (Lipinski definition) is 1. The van der Waals surface area contributed by atoms with E-state index < -0.39 is 0 Å². The van der Waals surface area contributed by atoms with Gasteiger partial charge in [-0.1, -0.05) is 23.9 Å². The summed E-state index contributed by atoms with van der Waals surface area (Å²) >= 11 is 1.54. The summed E-state index contributed by atoms with van der Waals surface area (Å²) in [4.78, 5) is 0. The van der Waals surface area contributed by atoms with Crippen LogP contribution in [0.5, 0.6) is 5.75 Å². The third-order valence-electron chi connectivity index (χ3n) is 1.85. The standard InChI is InChI=1S/C9H10N4OS/c1-14-8-4-2-7(3-5-8)6-15-9-10-12-13-11-9/h2-5H,6H2,1H3,(H,10,11,12,13). The minimum atomic E-state index is 0.658. The van der Waals surface area contributed by atoms with Crippen molar-refractivity contribution >= 4 is 11.8 Å². The molecule has 0 saturated carbocycles. The Balaban J connectivity index is 1.93. The lowest BCUT2D eigenvalue weighted by molar-refractivity contribution is 0.414. The molecule has 1 heterocycles. The Bertz CT molecular complexity index is 401. The summed E-state index contributed by atoms with van der Waals surface area (Å²) in [5, 5.41) is 14.3. The SMILES string of the molecule is COc1ccc(CSc2nn[nH]n2)cc1. The van der Waals surface area contributed by atoms with Crippen LogP contribution in [-0.4, -0.2) is 27.7 Å². The number of nitrogens with one attached hydrogen (secondary N) is 1. The van der Waals surface area contributed by atoms with Gasteiger partial charge in [0.15, 0.2) is 0 Å². The zero-order valence-corrected chi connectivity index (χ0v) is 8.99. The van der Waals surface area contributed by atoms with Gasteiger partial charge in [0.05, 0.1) is 7.11 Å². The van der Waals surface area contributed by atoms with Gasteiger partial charge >= 0.3 is 0 Å². The van der Waals surface area contributed by atoms with Gasteiger partial charge in [-0.05, 0) is 22.9 Å². The molecule has 15 heavy (non-hydrogen) atoms. The van der Waals surface area contributed by atoms with Gasteiger partial charge in [0.1, 0.15) is 5.75 Å². The highest BCUT2D eigenvalue weighted by molar-refractivity contribution is 7.98. The van der Waals surface area contributed by atoms with Crippen LogP contribution < -0.4 is 4.74 Å².